The second-order valence-electron chi connectivity index (χ2n) is 9.33. The molecule has 3 heteroatoms. The van der Waals surface area contributed by atoms with Crippen LogP contribution in [0.25, 0.3) is 0 Å². The Morgan fingerprint density at radius 3 is 2.03 bits per heavy atom. The van der Waals surface area contributed by atoms with Crippen molar-refractivity contribution in [1.82, 2.24) is 0 Å². The molecule has 0 saturated heterocycles. The summed E-state index contributed by atoms with van der Waals surface area (Å²) in [5, 5.41) is 11.5. The Balaban J connectivity index is 2.49. The minimum absolute atomic E-state index is 0.0296. The molecule has 0 aromatic heterocycles. The highest BCUT2D eigenvalue weighted by molar-refractivity contribution is 6.99. The molecule has 0 heterocycles. The summed E-state index contributed by atoms with van der Waals surface area (Å²) in [5.41, 5.74) is 0. The first kappa shape index (κ1) is 26.9. The molecular formula is C30H40O2Si. The van der Waals surface area contributed by atoms with Gasteiger partial charge in [0.1, 0.15) is 0 Å². The lowest BCUT2D eigenvalue weighted by atomic mass is 10.2. The molecule has 0 aliphatic heterocycles. The largest absolute Gasteiger partial charge is 0.400 e. The van der Waals surface area contributed by atoms with Crippen LogP contribution < -0.4 is 10.4 Å². The molecule has 1 atom stereocenters. The van der Waals surface area contributed by atoms with E-state index in [0.717, 1.165) is 12.8 Å². The van der Waals surface area contributed by atoms with E-state index < -0.39 is 8.32 Å². The molecule has 0 unspecified atom stereocenters. The zero-order valence-electron chi connectivity index (χ0n) is 20.8. The monoisotopic (exact) mass is 460 g/mol. The van der Waals surface area contributed by atoms with Gasteiger partial charge in [-0.05, 0) is 21.8 Å². The molecule has 0 aliphatic rings. The number of aliphatic hydroxyl groups is 1. The average Bonchev–Trinajstić information content (AvgIpc) is 2.82. The van der Waals surface area contributed by atoms with Gasteiger partial charge < -0.3 is 9.53 Å². The highest BCUT2D eigenvalue weighted by Gasteiger charge is 2.51. The maximum atomic E-state index is 9.10. The van der Waals surface area contributed by atoms with E-state index in [1.54, 1.807) is 6.08 Å². The number of benzene rings is 2. The quantitative estimate of drug-likeness (QED) is 0.193. The third-order valence-electron chi connectivity index (χ3n) is 5.76. The van der Waals surface area contributed by atoms with Gasteiger partial charge in [0.15, 0.2) is 0 Å². The fourth-order valence-electron chi connectivity index (χ4n) is 4.12. The molecular weight excluding hydrogens is 420 g/mol. The Morgan fingerprint density at radius 2 is 1.52 bits per heavy atom. The van der Waals surface area contributed by atoms with Crippen molar-refractivity contribution in [3.63, 3.8) is 0 Å². The molecule has 33 heavy (non-hydrogen) atoms. The van der Waals surface area contributed by atoms with E-state index in [0.29, 0.717) is 6.42 Å². The summed E-state index contributed by atoms with van der Waals surface area (Å²) in [4.78, 5) is 0. The molecule has 0 bridgehead atoms. The van der Waals surface area contributed by atoms with Gasteiger partial charge in [-0.2, -0.15) is 0 Å². The second kappa shape index (κ2) is 14.0. The van der Waals surface area contributed by atoms with Gasteiger partial charge in [-0.3, -0.25) is 0 Å². The molecule has 2 aromatic carbocycles. The summed E-state index contributed by atoms with van der Waals surface area (Å²) in [6.45, 7) is 9.12. The highest BCUT2D eigenvalue weighted by atomic mass is 28.4. The second-order valence-corrected chi connectivity index (χ2v) is 13.6. The van der Waals surface area contributed by atoms with E-state index in [9.17, 15) is 0 Å². The van der Waals surface area contributed by atoms with Crippen molar-refractivity contribution < 1.29 is 9.53 Å². The SMILES string of the molecule is CCCCCC#CC[C@H](/C=C/C=C/CO)O[Si](c1ccccc1)(c1ccccc1)C(C)(C)C. The van der Waals surface area contributed by atoms with Crippen molar-refractivity contribution in [2.75, 3.05) is 6.61 Å². The lowest BCUT2D eigenvalue weighted by Gasteiger charge is -2.44. The molecule has 0 radical (unpaired) electrons. The van der Waals surface area contributed by atoms with Crippen LogP contribution in [0, 0.1) is 11.8 Å². The maximum Gasteiger partial charge on any atom is 0.261 e. The fourth-order valence-corrected chi connectivity index (χ4v) is 8.75. The average molecular weight is 461 g/mol. The van der Waals surface area contributed by atoms with Crippen LogP contribution in [0.2, 0.25) is 5.04 Å². The van der Waals surface area contributed by atoms with E-state index in [2.05, 4.69) is 106 Å². The van der Waals surface area contributed by atoms with E-state index in [1.807, 2.05) is 12.2 Å². The van der Waals surface area contributed by atoms with Crippen molar-refractivity contribution >= 4 is 18.7 Å². The molecule has 2 nitrogen and oxygen atoms in total. The van der Waals surface area contributed by atoms with Gasteiger partial charge in [0.2, 0.25) is 0 Å². The molecule has 0 spiro atoms. The summed E-state index contributed by atoms with van der Waals surface area (Å²) in [7, 11) is -2.65. The Hall–Kier alpha value is -2.38. The van der Waals surface area contributed by atoms with Crippen LogP contribution in [0.5, 0.6) is 0 Å². The summed E-state index contributed by atoms with van der Waals surface area (Å²) in [6, 6.07) is 21.4. The van der Waals surface area contributed by atoms with E-state index in [4.69, 9.17) is 9.53 Å². The lowest BCUT2D eigenvalue weighted by Crippen LogP contribution is -2.67. The number of unbranched alkanes of at least 4 members (excludes halogenated alkanes) is 3. The van der Waals surface area contributed by atoms with E-state index in [-0.39, 0.29) is 17.7 Å². The summed E-state index contributed by atoms with van der Waals surface area (Å²) >= 11 is 0. The van der Waals surface area contributed by atoms with Gasteiger partial charge in [-0.15, -0.1) is 11.8 Å². The Kier molecular flexibility index (Phi) is 11.4. The smallest absolute Gasteiger partial charge is 0.261 e. The van der Waals surface area contributed by atoms with Crippen molar-refractivity contribution in [2.45, 2.75) is 70.9 Å². The van der Waals surface area contributed by atoms with Crippen LogP contribution in [0.15, 0.2) is 85.0 Å². The predicted molar refractivity (Wildman–Crippen MR) is 144 cm³/mol. The highest BCUT2D eigenvalue weighted by Crippen LogP contribution is 2.38. The third kappa shape index (κ3) is 7.86. The molecule has 0 aliphatic carbocycles. The Labute approximate surface area is 202 Å². The molecule has 0 fully saturated rings. The van der Waals surface area contributed by atoms with Crippen LogP contribution >= 0.6 is 0 Å². The zero-order chi connectivity index (χ0) is 24.0. The van der Waals surface area contributed by atoms with Crippen LogP contribution in [0.4, 0.5) is 0 Å². The van der Waals surface area contributed by atoms with Crippen molar-refractivity contribution in [3.8, 4) is 11.8 Å². The molecule has 2 aromatic rings. The van der Waals surface area contributed by atoms with Crippen molar-refractivity contribution in [1.29, 1.82) is 0 Å². The number of hydrogen-bond donors (Lipinski definition) is 1. The van der Waals surface area contributed by atoms with Crippen LogP contribution in [0.3, 0.4) is 0 Å². The number of rotatable bonds is 11. The first-order valence-corrected chi connectivity index (χ1v) is 14.0. The lowest BCUT2D eigenvalue weighted by molar-refractivity contribution is 0.238. The molecule has 176 valence electrons. The van der Waals surface area contributed by atoms with E-state index >= 15 is 0 Å². The van der Waals surface area contributed by atoms with Crippen LogP contribution in [-0.2, 0) is 4.43 Å². The first-order chi connectivity index (χ1) is 16.0. The number of aliphatic hydroxyl groups excluding tert-OH is 1. The minimum Gasteiger partial charge on any atom is -0.400 e. The van der Waals surface area contributed by atoms with Gasteiger partial charge in [-0.25, -0.2) is 0 Å². The Morgan fingerprint density at radius 1 is 0.909 bits per heavy atom. The molecule has 2 rings (SSSR count). The van der Waals surface area contributed by atoms with Gasteiger partial charge in [0.05, 0.1) is 12.7 Å². The van der Waals surface area contributed by atoms with Crippen molar-refractivity contribution in [3.05, 3.63) is 85.0 Å². The van der Waals surface area contributed by atoms with Crippen LogP contribution in [0.1, 0.15) is 59.8 Å². The van der Waals surface area contributed by atoms with Gasteiger partial charge in [-0.1, -0.05) is 126 Å². The predicted octanol–water partition coefficient (Wildman–Crippen LogP) is 6.01. The Bertz CT molecular complexity index is 875. The summed E-state index contributed by atoms with van der Waals surface area (Å²) in [6.07, 6.45) is 12.7. The third-order valence-corrected chi connectivity index (χ3v) is 10.8. The van der Waals surface area contributed by atoms with Crippen molar-refractivity contribution in [2.24, 2.45) is 0 Å². The fraction of sp³-hybridized carbons (Fsp3) is 0.400. The van der Waals surface area contributed by atoms with Gasteiger partial charge in [0.25, 0.3) is 8.32 Å². The van der Waals surface area contributed by atoms with Gasteiger partial charge >= 0.3 is 0 Å². The molecule has 0 amide bonds. The number of hydrogen-bond acceptors (Lipinski definition) is 2. The maximum absolute atomic E-state index is 9.10. The molecule has 1 N–H and O–H groups in total. The van der Waals surface area contributed by atoms with Gasteiger partial charge in [0, 0.05) is 12.8 Å². The summed E-state index contributed by atoms with van der Waals surface area (Å²) in [5.74, 6) is 6.73. The standard InChI is InChI=1S/C30H40O2Si/c1-5-6-7-8-9-13-20-27(21-14-12-19-26-31)32-33(30(2,3)4,28-22-15-10-16-23-28)29-24-17-11-18-25-29/h10-12,14-19,21-25,27,31H,5-8,20,26H2,1-4H3/b19-12+,21-14+/t27-/m1/s1. The van der Waals surface area contributed by atoms with Crippen LogP contribution in [-0.4, -0.2) is 26.1 Å². The summed E-state index contributed by atoms with van der Waals surface area (Å²) < 4.78 is 7.24. The zero-order valence-corrected chi connectivity index (χ0v) is 21.8. The topological polar surface area (TPSA) is 29.5 Å². The minimum atomic E-state index is -2.65. The van der Waals surface area contributed by atoms with E-state index in [1.165, 1.54) is 23.2 Å². The normalized spacial score (nSPS) is 13.2. The first-order valence-electron chi connectivity index (χ1n) is 12.1. The number of allylic oxidation sites excluding steroid dienone is 2. The molecule has 0 saturated carbocycles.